The van der Waals surface area contributed by atoms with Crippen molar-refractivity contribution in [3.63, 3.8) is 0 Å². The van der Waals surface area contributed by atoms with Gasteiger partial charge in [-0.1, -0.05) is 45.0 Å². The predicted molar refractivity (Wildman–Crippen MR) is 135 cm³/mol. The van der Waals surface area contributed by atoms with Crippen LogP contribution < -0.4 is 5.32 Å². The van der Waals surface area contributed by atoms with E-state index in [1.807, 2.05) is 19.6 Å². The first-order valence-electron chi connectivity index (χ1n) is 10.9. The number of likely N-dealkylation sites (tertiary alicyclic amines) is 1. The molecular weight excluding hydrogens is 487 g/mol. The summed E-state index contributed by atoms with van der Waals surface area (Å²) in [6, 6.07) is 9.17. The molecule has 1 fully saturated rings. The normalized spacial score (nSPS) is 19.6. The van der Waals surface area contributed by atoms with E-state index < -0.39 is 0 Å². The van der Waals surface area contributed by atoms with E-state index in [2.05, 4.69) is 80.9 Å². The van der Waals surface area contributed by atoms with Crippen LogP contribution in [-0.4, -0.2) is 58.5 Å². The largest absolute Gasteiger partial charge is 0.352 e. The van der Waals surface area contributed by atoms with Crippen LogP contribution in [0.1, 0.15) is 44.4 Å². The fraction of sp³-hybridized carbons (Fsp3) is 0.565. The van der Waals surface area contributed by atoms with Crippen molar-refractivity contribution in [1.82, 2.24) is 24.7 Å². The summed E-state index contributed by atoms with van der Waals surface area (Å²) in [7, 11) is 1.88. The number of guanidine groups is 1. The Labute approximate surface area is 198 Å². The third-order valence-corrected chi connectivity index (χ3v) is 6.18. The summed E-state index contributed by atoms with van der Waals surface area (Å²) < 4.78 is 2.24. The van der Waals surface area contributed by atoms with Crippen molar-refractivity contribution in [2.45, 2.75) is 46.3 Å². The summed E-state index contributed by atoms with van der Waals surface area (Å²) >= 11 is 0. The average molecular weight is 524 g/mol. The molecule has 3 rings (SSSR count). The summed E-state index contributed by atoms with van der Waals surface area (Å²) in [5.74, 6) is 1.62. The summed E-state index contributed by atoms with van der Waals surface area (Å²) in [6.45, 7) is 12.7. The van der Waals surface area contributed by atoms with E-state index in [0.29, 0.717) is 12.0 Å². The smallest absolute Gasteiger partial charge is 0.193 e. The van der Waals surface area contributed by atoms with Crippen LogP contribution in [0.25, 0.3) is 0 Å². The lowest BCUT2D eigenvalue weighted by atomic mass is 9.93. The molecule has 0 aliphatic carbocycles. The van der Waals surface area contributed by atoms with Crippen molar-refractivity contribution >= 4 is 29.9 Å². The summed E-state index contributed by atoms with van der Waals surface area (Å²) in [5.41, 5.74) is 2.74. The monoisotopic (exact) mass is 524 g/mol. The van der Waals surface area contributed by atoms with Crippen LogP contribution in [0.3, 0.4) is 0 Å². The molecule has 1 aromatic carbocycles. The Morgan fingerprint density at radius 1 is 1.23 bits per heavy atom. The van der Waals surface area contributed by atoms with Crippen molar-refractivity contribution < 1.29 is 0 Å². The maximum absolute atomic E-state index is 4.59. The number of aromatic nitrogens is 2. The first kappa shape index (κ1) is 24.7. The van der Waals surface area contributed by atoms with E-state index in [4.69, 9.17) is 0 Å². The molecule has 0 saturated carbocycles. The Balaban J connectivity index is 0.00000320. The molecule has 166 valence electrons. The molecule has 0 amide bonds. The van der Waals surface area contributed by atoms with E-state index >= 15 is 0 Å². The predicted octanol–water partition coefficient (Wildman–Crippen LogP) is 4.00. The molecule has 6 nitrogen and oxygen atoms in total. The Morgan fingerprint density at radius 2 is 1.97 bits per heavy atom. The van der Waals surface area contributed by atoms with E-state index in [1.165, 1.54) is 11.1 Å². The molecule has 2 atom stereocenters. The lowest BCUT2D eigenvalue weighted by Gasteiger charge is -2.39. The van der Waals surface area contributed by atoms with Gasteiger partial charge in [-0.25, -0.2) is 4.98 Å². The SMILES string of the molecule is CCN(CC)Cc1ccccc1CNC(=NC)N1CCC(C)C(n2ccnc2)C1.I. The average Bonchev–Trinajstić information content (AvgIpc) is 3.29. The van der Waals surface area contributed by atoms with Gasteiger partial charge in [0.1, 0.15) is 0 Å². The molecule has 2 heterocycles. The van der Waals surface area contributed by atoms with Gasteiger partial charge in [-0.2, -0.15) is 0 Å². The fourth-order valence-corrected chi connectivity index (χ4v) is 4.17. The molecule has 1 N–H and O–H groups in total. The van der Waals surface area contributed by atoms with Gasteiger partial charge in [0.15, 0.2) is 5.96 Å². The minimum Gasteiger partial charge on any atom is -0.352 e. The van der Waals surface area contributed by atoms with Gasteiger partial charge in [0.2, 0.25) is 0 Å². The maximum atomic E-state index is 4.59. The van der Waals surface area contributed by atoms with Crippen LogP contribution in [0, 0.1) is 5.92 Å². The van der Waals surface area contributed by atoms with E-state index in [-0.39, 0.29) is 24.0 Å². The van der Waals surface area contributed by atoms with E-state index in [0.717, 1.165) is 51.6 Å². The van der Waals surface area contributed by atoms with Crippen LogP contribution in [0.2, 0.25) is 0 Å². The molecule has 30 heavy (non-hydrogen) atoms. The molecule has 0 radical (unpaired) electrons. The van der Waals surface area contributed by atoms with Crippen molar-refractivity contribution in [3.05, 3.63) is 54.1 Å². The van der Waals surface area contributed by atoms with Gasteiger partial charge in [-0.15, -0.1) is 24.0 Å². The zero-order valence-corrected chi connectivity index (χ0v) is 21.1. The van der Waals surface area contributed by atoms with Crippen molar-refractivity contribution in [3.8, 4) is 0 Å². The lowest BCUT2D eigenvalue weighted by Crippen LogP contribution is -2.48. The van der Waals surface area contributed by atoms with Gasteiger partial charge in [0.25, 0.3) is 0 Å². The molecule has 7 heteroatoms. The number of halogens is 1. The zero-order valence-electron chi connectivity index (χ0n) is 18.8. The Bertz CT molecular complexity index is 772. The number of imidazole rings is 1. The van der Waals surface area contributed by atoms with Crippen molar-refractivity contribution in [2.24, 2.45) is 10.9 Å². The topological polar surface area (TPSA) is 48.7 Å². The summed E-state index contributed by atoms with van der Waals surface area (Å²) in [6.07, 6.45) is 7.03. The number of hydrogen-bond donors (Lipinski definition) is 1. The molecule has 1 aliphatic heterocycles. The summed E-state index contributed by atoms with van der Waals surface area (Å²) in [4.78, 5) is 13.7. The maximum Gasteiger partial charge on any atom is 0.193 e. The molecule has 1 saturated heterocycles. The second-order valence-corrected chi connectivity index (χ2v) is 7.92. The minimum absolute atomic E-state index is 0. The summed E-state index contributed by atoms with van der Waals surface area (Å²) in [5, 5.41) is 3.62. The highest BCUT2D eigenvalue weighted by molar-refractivity contribution is 14.0. The van der Waals surface area contributed by atoms with E-state index in [9.17, 15) is 0 Å². The third kappa shape index (κ3) is 6.20. The third-order valence-electron chi connectivity index (χ3n) is 6.18. The fourth-order valence-electron chi connectivity index (χ4n) is 4.17. The molecule has 0 spiro atoms. The Hall–Kier alpha value is -1.61. The van der Waals surface area contributed by atoms with Crippen LogP contribution in [0.4, 0.5) is 0 Å². The second kappa shape index (κ2) is 12.3. The number of hydrogen-bond acceptors (Lipinski definition) is 3. The van der Waals surface area contributed by atoms with Crippen LogP contribution >= 0.6 is 24.0 Å². The number of nitrogens with one attached hydrogen (secondary N) is 1. The molecule has 1 aromatic heterocycles. The number of piperidine rings is 1. The van der Waals surface area contributed by atoms with Gasteiger partial charge in [-0.3, -0.25) is 9.89 Å². The highest BCUT2D eigenvalue weighted by Gasteiger charge is 2.28. The zero-order chi connectivity index (χ0) is 20.6. The highest BCUT2D eigenvalue weighted by atomic mass is 127. The van der Waals surface area contributed by atoms with Crippen molar-refractivity contribution in [1.29, 1.82) is 0 Å². The first-order valence-corrected chi connectivity index (χ1v) is 10.9. The van der Waals surface area contributed by atoms with E-state index in [1.54, 1.807) is 0 Å². The molecule has 0 bridgehead atoms. The minimum atomic E-state index is 0. The van der Waals surface area contributed by atoms with Crippen LogP contribution in [0.15, 0.2) is 48.0 Å². The number of aliphatic imine (C=N–C) groups is 1. The lowest BCUT2D eigenvalue weighted by molar-refractivity contribution is 0.189. The molecule has 2 unspecified atom stereocenters. The van der Waals surface area contributed by atoms with Crippen LogP contribution in [0.5, 0.6) is 0 Å². The Kier molecular flexibility index (Phi) is 10.1. The van der Waals surface area contributed by atoms with Crippen molar-refractivity contribution in [2.75, 3.05) is 33.2 Å². The Morgan fingerprint density at radius 3 is 2.60 bits per heavy atom. The number of benzene rings is 1. The quantitative estimate of drug-likeness (QED) is 0.338. The van der Waals surface area contributed by atoms with Crippen LogP contribution in [-0.2, 0) is 13.1 Å². The highest BCUT2D eigenvalue weighted by Crippen LogP contribution is 2.27. The second-order valence-electron chi connectivity index (χ2n) is 7.92. The van der Waals surface area contributed by atoms with Gasteiger partial charge in [-0.05, 0) is 36.6 Å². The molecule has 2 aromatic rings. The molecule has 1 aliphatic rings. The number of nitrogens with zero attached hydrogens (tertiary/aromatic N) is 5. The van der Waals surface area contributed by atoms with Gasteiger partial charge in [0, 0.05) is 45.6 Å². The standard InChI is InChI=1S/C23H36N6.HI/c1-5-27(6-2)16-21-10-8-7-9-20(21)15-26-23(24-4)28-13-11-19(3)22(17-28)29-14-12-25-18-29;/h7-10,12,14,18-19,22H,5-6,11,13,15-17H2,1-4H3,(H,24,26);1H. The number of rotatable bonds is 7. The van der Waals surface area contributed by atoms with Gasteiger partial charge < -0.3 is 14.8 Å². The first-order chi connectivity index (χ1) is 14.2. The van der Waals surface area contributed by atoms with Gasteiger partial charge in [0.05, 0.1) is 12.4 Å². The molecular formula is C23H37IN6. The van der Waals surface area contributed by atoms with Gasteiger partial charge >= 0.3 is 0 Å².